The Morgan fingerprint density at radius 2 is 2.11 bits per heavy atom. The molecule has 1 amide bonds. The maximum Gasteiger partial charge on any atom is 0.253 e. The number of nitrogens with zero attached hydrogens (tertiary/aromatic N) is 1. The Balaban J connectivity index is 1.89. The van der Waals surface area contributed by atoms with Crippen molar-refractivity contribution in [3.8, 4) is 5.75 Å². The van der Waals surface area contributed by atoms with Gasteiger partial charge in [-0.05, 0) is 37.1 Å². The monoisotopic (exact) mass is 249 g/mol. The molecule has 1 aromatic rings. The minimum absolute atomic E-state index is 0.000626. The van der Waals surface area contributed by atoms with Crippen molar-refractivity contribution in [1.82, 2.24) is 4.90 Å². The van der Waals surface area contributed by atoms with E-state index in [-0.39, 0.29) is 12.0 Å². The molecule has 1 saturated heterocycles. The Labute approximate surface area is 107 Å². The van der Waals surface area contributed by atoms with Crippen molar-refractivity contribution >= 4 is 5.91 Å². The summed E-state index contributed by atoms with van der Waals surface area (Å²) < 4.78 is 11.1. The number of amides is 1. The number of ether oxygens (including phenoxy) is 2. The highest BCUT2D eigenvalue weighted by Crippen LogP contribution is 2.17. The average molecular weight is 249 g/mol. The van der Waals surface area contributed by atoms with Crippen LogP contribution in [0, 0.1) is 0 Å². The average Bonchev–Trinajstić information content (AvgIpc) is 2.89. The first-order valence-corrected chi connectivity index (χ1v) is 6.23. The summed E-state index contributed by atoms with van der Waals surface area (Å²) >= 11 is 0. The molecule has 1 aliphatic heterocycles. The van der Waals surface area contributed by atoms with Crippen LogP contribution in [0.5, 0.6) is 5.75 Å². The highest BCUT2D eigenvalue weighted by atomic mass is 16.5. The molecule has 0 unspecified atom stereocenters. The minimum atomic E-state index is 0.000626. The zero-order valence-electron chi connectivity index (χ0n) is 10.9. The quantitative estimate of drug-likeness (QED) is 0.818. The SMILES string of the molecule is CN(C)C(=O)c1ccc(OC[C@H]2CCCO2)cc1. The molecule has 18 heavy (non-hydrogen) atoms. The lowest BCUT2D eigenvalue weighted by Crippen LogP contribution is -2.21. The van der Waals surface area contributed by atoms with E-state index in [9.17, 15) is 4.79 Å². The summed E-state index contributed by atoms with van der Waals surface area (Å²) in [6, 6.07) is 7.22. The van der Waals surface area contributed by atoms with E-state index < -0.39 is 0 Å². The van der Waals surface area contributed by atoms with Crippen LogP contribution in [0.4, 0.5) is 0 Å². The molecule has 0 spiro atoms. The molecular formula is C14H19NO3. The van der Waals surface area contributed by atoms with Crippen LogP contribution in [-0.4, -0.2) is 44.2 Å². The third-order valence-corrected chi connectivity index (χ3v) is 2.97. The number of hydrogen-bond donors (Lipinski definition) is 0. The van der Waals surface area contributed by atoms with Crippen molar-refractivity contribution in [2.24, 2.45) is 0 Å². The Morgan fingerprint density at radius 3 is 2.67 bits per heavy atom. The normalized spacial score (nSPS) is 18.7. The molecule has 1 atom stereocenters. The third kappa shape index (κ3) is 3.23. The number of rotatable bonds is 4. The molecule has 1 fully saturated rings. The molecule has 0 aliphatic carbocycles. The minimum Gasteiger partial charge on any atom is -0.491 e. The van der Waals surface area contributed by atoms with Crippen LogP contribution in [0.15, 0.2) is 24.3 Å². The van der Waals surface area contributed by atoms with Crippen molar-refractivity contribution in [3.63, 3.8) is 0 Å². The first-order valence-electron chi connectivity index (χ1n) is 6.23. The van der Waals surface area contributed by atoms with Crippen molar-refractivity contribution in [2.75, 3.05) is 27.3 Å². The fourth-order valence-electron chi connectivity index (χ4n) is 1.92. The van der Waals surface area contributed by atoms with Gasteiger partial charge in [0.2, 0.25) is 0 Å². The van der Waals surface area contributed by atoms with Gasteiger partial charge in [-0.15, -0.1) is 0 Å². The summed E-state index contributed by atoms with van der Waals surface area (Å²) in [5.41, 5.74) is 0.671. The molecule has 4 nitrogen and oxygen atoms in total. The zero-order chi connectivity index (χ0) is 13.0. The van der Waals surface area contributed by atoms with Gasteiger partial charge in [0.05, 0.1) is 6.10 Å². The van der Waals surface area contributed by atoms with E-state index in [0.717, 1.165) is 25.2 Å². The lowest BCUT2D eigenvalue weighted by Gasteiger charge is -2.13. The van der Waals surface area contributed by atoms with Gasteiger partial charge in [-0.3, -0.25) is 4.79 Å². The van der Waals surface area contributed by atoms with Crippen molar-refractivity contribution in [3.05, 3.63) is 29.8 Å². The predicted molar refractivity (Wildman–Crippen MR) is 68.9 cm³/mol. The Hall–Kier alpha value is -1.55. The first kappa shape index (κ1) is 12.9. The van der Waals surface area contributed by atoms with Crippen molar-refractivity contribution < 1.29 is 14.3 Å². The highest BCUT2D eigenvalue weighted by Gasteiger charge is 2.16. The van der Waals surface area contributed by atoms with Gasteiger partial charge >= 0.3 is 0 Å². The molecule has 1 aromatic carbocycles. The predicted octanol–water partition coefficient (Wildman–Crippen LogP) is 1.95. The Morgan fingerprint density at radius 1 is 1.39 bits per heavy atom. The van der Waals surface area contributed by atoms with E-state index in [0.29, 0.717) is 12.2 Å². The molecule has 4 heteroatoms. The number of benzene rings is 1. The van der Waals surface area contributed by atoms with Crippen molar-refractivity contribution in [1.29, 1.82) is 0 Å². The largest absolute Gasteiger partial charge is 0.491 e. The molecular weight excluding hydrogens is 230 g/mol. The van der Waals surface area contributed by atoms with Gasteiger partial charge in [-0.25, -0.2) is 0 Å². The summed E-state index contributed by atoms with van der Waals surface area (Å²) in [7, 11) is 3.48. The van der Waals surface area contributed by atoms with Crippen LogP contribution in [0.3, 0.4) is 0 Å². The van der Waals surface area contributed by atoms with Crippen LogP contribution < -0.4 is 4.74 Å². The van der Waals surface area contributed by atoms with E-state index >= 15 is 0 Å². The maximum atomic E-state index is 11.7. The molecule has 0 saturated carbocycles. The fourth-order valence-corrected chi connectivity index (χ4v) is 1.92. The van der Waals surface area contributed by atoms with Crippen LogP contribution >= 0.6 is 0 Å². The van der Waals surface area contributed by atoms with Crippen LogP contribution in [0.1, 0.15) is 23.2 Å². The van der Waals surface area contributed by atoms with Gasteiger partial charge in [-0.2, -0.15) is 0 Å². The molecule has 0 N–H and O–H groups in total. The van der Waals surface area contributed by atoms with Gasteiger partial charge in [-0.1, -0.05) is 0 Å². The fraction of sp³-hybridized carbons (Fsp3) is 0.500. The smallest absolute Gasteiger partial charge is 0.253 e. The summed E-state index contributed by atoms with van der Waals surface area (Å²) in [5.74, 6) is 0.779. The van der Waals surface area contributed by atoms with E-state index in [4.69, 9.17) is 9.47 Å². The molecule has 0 radical (unpaired) electrons. The summed E-state index contributed by atoms with van der Waals surface area (Å²) in [4.78, 5) is 13.2. The third-order valence-electron chi connectivity index (χ3n) is 2.97. The lowest BCUT2D eigenvalue weighted by atomic mass is 10.2. The number of carbonyl (C=O) groups is 1. The topological polar surface area (TPSA) is 38.8 Å². The number of hydrogen-bond acceptors (Lipinski definition) is 3. The molecule has 0 bridgehead atoms. The van der Waals surface area contributed by atoms with E-state index in [1.54, 1.807) is 31.1 Å². The van der Waals surface area contributed by atoms with E-state index in [1.807, 2.05) is 12.1 Å². The molecule has 1 aliphatic rings. The van der Waals surface area contributed by atoms with Crippen molar-refractivity contribution in [2.45, 2.75) is 18.9 Å². The van der Waals surface area contributed by atoms with Crippen LogP contribution in [-0.2, 0) is 4.74 Å². The standard InChI is InChI=1S/C14H19NO3/c1-15(2)14(16)11-5-7-12(8-6-11)18-10-13-4-3-9-17-13/h5-8,13H,3-4,9-10H2,1-2H3/t13-/m1/s1. The van der Waals surface area contributed by atoms with Crippen LogP contribution in [0.25, 0.3) is 0 Å². The highest BCUT2D eigenvalue weighted by molar-refractivity contribution is 5.93. The second kappa shape index (κ2) is 5.87. The first-order chi connectivity index (χ1) is 8.66. The lowest BCUT2D eigenvalue weighted by molar-refractivity contribution is 0.0679. The van der Waals surface area contributed by atoms with Crippen LogP contribution in [0.2, 0.25) is 0 Å². The summed E-state index contributed by atoms with van der Waals surface area (Å²) in [5, 5.41) is 0. The van der Waals surface area contributed by atoms with Gasteiger partial charge in [0.15, 0.2) is 0 Å². The van der Waals surface area contributed by atoms with Gasteiger partial charge in [0.1, 0.15) is 12.4 Å². The summed E-state index contributed by atoms with van der Waals surface area (Å²) in [6.07, 6.45) is 2.40. The Bertz CT molecular complexity index is 394. The molecule has 0 aromatic heterocycles. The second-order valence-electron chi connectivity index (χ2n) is 4.67. The molecule has 98 valence electrons. The molecule has 2 rings (SSSR count). The molecule has 1 heterocycles. The van der Waals surface area contributed by atoms with Gasteiger partial charge in [0.25, 0.3) is 5.91 Å². The second-order valence-corrected chi connectivity index (χ2v) is 4.67. The Kier molecular flexibility index (Phi) is 4.20. The van der Waals surface area contributed by atoms with Gasteiger partial charge < -0.3 is 14.4 Å². The number of carbonyl (C=O) groups excluding carboxylic acids is 1. The zero-order valence-corrected chi connectivity index (χ0v) is 10.9. The van der Waals surface area contributed by atoms with Gasteiger partial charge in [0, 0.05) is 26.3 Å². The summed E-state index contributed by atoms with van der Waals surface area (Å²) in [6.45, 7) is 1.42. The van der Waals surface area contributed by atoms with E-state index in [1.165, 1.54) is 0 Å². The van der Waals surface area contributed by atoms with E-state index in [2.05, 4.69) is 0 Å². The maximum absolute atomic E-state index is 11.7.